The molecule has 44 heavy (non-hydrogen) atoms. The van der Waals surface area contributed by atoms with Crippen molar-refractivity contribution in [3.8, 4) is 11.3 Å². The predicted octanol–water partition coefficient (Wildman–Crippen LogP) is 4.99. The van der Waals surface area contributed by atoms with E-state index in [2.05, 4.69) is 30.8 Å². The summed E-state index contributed by atoms with van der Waals surface area (Å²) in [7, 11) is 0. The minimum Gasteiger partial charge on any atom is -0.379 e. The van der Waals surface area contributed by atoms with Crippen molar-refractivity contribution < 1.29 is 27.5 Å². The Balaban J connectivity index is 1.12. The minimum absolute atomic E-state index is 0.0211. The molecule has 0 saturated carbocycles. The first kappa shape index (κ1) is 30.6. The maximum Gasteiger partial charge on any atom is 0.416 e. The molecule has 0 atom stereocenters. The second-order valence-corrected chi connectivity index (χ2v) is 10.1. The summed E-state index contributed by atoms with van der Waals surface area (Å²) in [6.07, 6.45) is 2.72. The first-order valence-electron chi connectivity index (χ1n) is 14.0. The van der Waals surface area contributed by atoms with Crippen LogP contribution in [0.5, 0.6) is 0 Å². The van der Waals surface area contributed by atoms with E-state index in [1.807, 2.05) is 6.20 Å². The number of aromatic nitrogens is 4. The van der Waals surface area contributed by atoms with Gasteiger partial charge in [0.1, 0.15) is 11.5 Å². The maximum atomic E-state index is 13.0. The molecule has 2 aromatic carbocycles. The summed E-state index contributed by atoms with van der Waals surface area (Å²) in [4.78, 5) is 31.8. The predicted molar refractivity (Wildman–Crippen MR) is 159 cm³/mol. The SMILES string of the molecule is O=C(/C=C/c1cccc(C(=O)Nc2cccc(C(F)(F)F)c2)c1)Nc1ccc(-c2cn(CCCN3CCOCC3)nn2)cn1. The number of alkyl halides is 3. The van der Waals surface area contributed by atoms with Gasteiger partial charge in [-0.1, -0.05) is 23.4 Å². The zero-order valence-corrected chi connectivity index (χ0v) is 23.6. The normalized spacial score (nSPS) is 14.1. The quantitative estimate of drug-likeness (QED) is 0.245. The highest BCUT2D eigenvalue weighted by atomic mass is 19.4. The van der Waals surface area contributed by atoms with Gasteiger partial charge in [-0.05, 0) is 60.5 Å². The highest BCUT2D eigenvalue weighted by Crippen LogP contribution is 2.30. The first-order chi connectivity index (χ1) is 21.2. The first-order valence-corrected chi connectivity index (χ1v) is 14.0. The van der Waals surface area contributed by atoms with Crippen LogP contribution in [0, 0.1) is 0 Å². The number of carbonyl (C=O) groups excluding carboxylic acids is 2. The van der Waals surface area contributed by atoms with Crippen molar-refractivity contribution in [3.05, 3.63) is 95.8 Å². The van der Waals surface area contributed by atoms with E-state index >= 15 is 0 Å². The van der Waals surface area contributed by atoms with Gasteiger partial charge in [-0.15, -0.1) is 5.10 Å². The van der Waals surface area contributed by atoms with Crippen LogP contribution in [0.3, 0.4) is 0 Å². The molecule has 0 unspecified atom stereocenters. The van der Waals surface area contributed by atoms with Gasteiger partial charge in [-0.2, -0.15) is 13.2 Å². The second kappa shape index (κ2) is 14.1. The number of amides is 2. The summed E-state index contributed by atoms with van der Waals surface area (Å²) in [5.41, 5.74) is 1.37. The molecule has 13 heteroatoms. The second-order valence-electron chi connectivity index (χ2n) is 10.1. The van der Waals surface area contributed by atoms with Gasteiger partial charge in [-0.25, -0.2) is 4.98 Å². The summed E-state index contributed by atoms with van der Waals surface area (Å²) in [6.45, 7) is 5.19. The average Bonchev–Trinajstić information content (AvgIpc) is 3.50. The lowest BCUT2D eigenvalue weighted by Gasteiger charge is -2.26. The van der Waals surface area contributed by atoms with Crippen molar-refractivity contribution in [2.75, 3.05) is 43.5 Å². The Morgan fingerprint density at radius 1 is 0.977 bits per heavy atom. The summed E-state index contributed by atoms with van der Waals surface area (Å²) < 4.78 is 46.1. The van der Waals surface area contributed by atoms with Crippen molar-refractivity contribution in [2.24, 2.45) is 0 Å². The molecule has 228 valence electrons. The average molecular weight is 606 g/mol. The van der Waals surface area contributed by atoms with Crippen molar-refractivity contribution in [1.82, 2.24) is 24.9 Å². The molecule has 0 radical (unpaired) electrons. The highest BCUT2D eigenvalue weighted by molar-refractivity contribution is 6.05. The minimum atomic E-state index is -4.52. The van der Waals surface area contributed by atoms with Crippen LogP contribution in [0.15, 0.2) is 79.1 Å². The smallest absolute Gasteiger partial charge is 0.379 e. The van der Waals surface area contributed by atoms with E-state index in [-0.39, 0.29) is 11.3 Å². The Labute approximate surface area is 251 Å². The van der Waals surface area contributed by atoms with E-state index < -0.39 is 23.6 Å². The molecule has 1 fully saturated rings. The van der Waals surface area contributed by atoms with Crippen LogP contribution in [0.4, 0.5) is 24.7 Å². The molecule has 3 heterocycles. The van der Waals surface area contributed by atoms with Gasteiger partial charge in [-0.3, -0.25) is 19.2 Å². The third kappa shape index (κ3) is 8.58. The number of rotatable bonds is 10. The van der Waals surface area contributed by atoms with Gasteiger partial charge in [0.15, 0.2) is 0 Å². The highest BCUT2D eigenvalue weighted by Gasteiger charge is 2.30. The van der Waals surface area contributed by atoms with E-state index in [0.29, 0.717) is 17.1 Å². The summed E-state index contributed by atoms with van der Waals surface area (Å²) in [6, 6.07) is 14.2. The Kier molecular flexibility index (Phi) is 9.77. The summed E-state index contributed by atoms with van der Waals surface area (Å²) in [5.74, 6) is -0.674. The third-order valence-electron chi connectivity index (χ3n) is 6.84. The van der Waals surface area contributed by atoms with Crippen molar-refractivity contribution >= 4 is 29.4 Å². The number of halogens is 3. The fraction of sp³-hybridized carbons (Fsp3) is 0.258. The molecule has 0 spiro atoms. The maximum absolute atomic E-state index is 13.0. The Morgan fingerprint density at radius 2 is 1.80 bits per heavy atom. The molecule has 0 aliphatic carbocycles. The topological polar surface area (TPSA) is 114 Å². The number of nitrogens with zero attached hydrogens (tertiary/aromatic N) is 5. The molecule has 2 aromatic heterocycles. The number of nitrogens with one attached hydrogen (secondary N) is 2. The van der Waals surface area contributed by atoms with Gasteiger partial charge in [0, 0.05) is 55.3 Å². The number of ether oxygens (including phenoxy) is 1. The molecule has 1 aliphatic heterocycles. The van der Waals surface area contributed by atoms with Crippen LogP contribution in [0.25, 0.3) is 17.3 Å². The Hall–Kier alpha value is -4.88. The largest absolute Gasteiger partial charge is 0.416 e. The summed E-state index contributed by atoms with van der Waals surface area (Å²) >= 11 is 0. The molecule has 10 nitrogen and oxygen atoms in total. The van der Waals surface area contributed by atoms with Gasteiger partial charge >= 0.3 is 6.18 Å². The van der Waals surface area contributed by atoms with E-state index in [1.54, 1.807) is 35.1 Å². The number of hydrogen-bond acceptors (Lipinski definition) is 7. The zero-order chi connectivity index (χ0) is 30.9. The zero-order valence-electron chi connectivity index (χ0n) is 23.6. The molecule has 4 aromatic rings. The van der Waals surface area contributed by atoms with Gasteiger partial charge in [0.2, 0.25) is 5.91 Å². The number of aryl methyl sites for hydroxylation is 1. The molecule has 2 amide bonds. The van der Waals surface area contributed by atoms with E-state index in [9.17, 15) is 22.8 Å². The molecular weight excluding hydrogens is 575 g/mol. The molecule has 1 saturated heterocycles. The van der Waals surface area contributed by atoms with Gasteiger partial charge in [0.05, 0.1) is 25.0 Å². The van der Waals surface area contributed by atoms with Crippen LogP contribution in [0.2, 0.25) is 0 Å². The number of carbonyl (C=O) groups is 2. The Bertz CT molecular complexity index is 1610. The molecule has 5 rings (SSSR count). The molecule has 1 aliphatic rings. The standard InChI is InChI=1S/C31H30F3N7O3/c32-31(33,34)25-6-2-7-26(19-25)36-30(43)23-5-1-4-22(18-23)8-11-29(42)37-28-10-9-24(20-35-28)27-21-41(39-38-27)13-3-12-40-14-16-44-17-15-40/h1-2,4-11,18-21H,3,12-17H2,(H,36,43)(H,35,37,42)/b11-8+. The molecular formula is C31H30F3N7O3. The Morgan fingerprint density at radius 3 is 2.57 bits per heavy atom. The van der Waals surface area contributed by atoms with Crippen molar-refractivity contribution in [1.29, 1.82) is 0 Å². The number of benzene rings is 2. The van der Waals surface area contributed by atoms with Crippen LogP contribution in [0.1, 0.15) is 27.9 Å². The molecule has 0 bridgehead atoms. The fourth-order valence-corrected chi connectivity index (χ4v) is 4.54. The lowest BCUT2D eigenvalue weighted by molar-refractivity contribution is -0.137. The van der Waals surface area contributed by atoms with Crippen LogP contribution < -0.4 is 10.6 Å². The lowest BCUT2D eigenvalue weighted by atomic mass is 10.1. The van der Waals surface area contributed by atoms with Crippen molar-refractivity contribution in [3.63, 3.8) is 0 Å². The van der Waals surface area contributed by atoms with Crippen molar-refractivity contribution in [2.45, 2.75) is 19.1 Å². The van der Waals surface area contributed by atoms with E-state index in [1.165, 1.54) is 36.4 Å². The van der Waals surface area contributed by atoms with E-state index in [0.717, 1.165) is 63.5 Å². The summed E-state index contributed by atoms with van der Waals surface area (Å²) in [5, 5.41) is 13.6. The number of pyridine rings is 1. The van der Waals surface area contributed by atoms with Crippen LogP contribution in [-0.2, 0) is 22.3 Å². The van der Waals surface area contributed by atoms with Crippen LogP contribution in [-0.4, -0.2) is 69.5 Å². The van der Waals surface area contributed by atoms with Gasteiger partial charge in [0.25, 0.3) is 5.91 Å². The third-order valence-corrected chi connectivity index (χ3v) is 6.84. The fourth-order valence-electron chi connectivity index (χ4n) is 4.54. The number of anilines is 2. The lowest BCUT2D eigenvalue weighted by Crippen LogP contribution is -2.37. The van der Waals surface area contributed by atoms with Crippen LogP contribution >= 0.6 is 0 Å². The van der Waals surface area contributed by atoms with E-state index in [4.69, 9.17) is 4.74 Å². The number of morpholine rings is 1. The number of hydrogen-bond donors (Lipinski definition) is 2. The monoisotopic (exact) mass is 605 g/mol. The molecule has 2 N–H and O–H groups in total. The van der Waals surface area contributed by atoms with Gasteiger partial charge < -0.3 is 15.4 Å².